The smallest absolute Gasteiger partial charge is 0.410 e. The molecule has 36 heavy (non-hydrogen) atoms. The van der Waals surface area contributed by atoms with Crippen molar-refractivity contribution in [2.45, 2.75) is 51.3 Å². The molecule has 1 fully saturated rings. The van der Waals surface area contributed by atoms with E-state index in [0.717, 1.165) is 16.3 Å². The number of amides is 3. The van der Waals surface area contributed by atoms with Gasteiger partial charge in [-0.15, -0.1) is 12.4 Å². The quantitative estimate of drug-likeness (QED) is 0.378. The number of aliphatic hydroxyl groups is 1. The van der Waals surface area contributed by atoms with E-state index in [1.165, 1.54) is 4.90 Å². The van der Waals surface area contributed by atoms with Crippen LogP contribution in [0.15, 0.2) is 42.5 Å². The van der Waals surface area contributed by atoms with Crippen LogP contribution < -0.4 is 16.4 Å². The molecule has 1 heterocycles. The van der Waals surface area contributed by atoms with Gasteiger partial charge in [0, 0.05) is 26.1 Å². The molecule has 198 valence electrons. The molecule has 1 unspecified atom stereocenters. The fraction of sp³-hybridized carbons (Fsp3) is 0.500. The maximum absolute atomic E-state index is 13.2. The minimum atomic E-state index is -0.886. The number of hydrogen-bond donors (Lipinski definition) is 4. The monoisotopic (exact) mass is 520 g/mol. The number of nitrogens with one attached hydrogen (secondary N) is 2. The number of carbonyl (C=O) groups is 3. The topological polar surface area (TPSA) is 134 Å². The first-order valence-corrected chi connectivity index (χ1v) is 12.2. The highest BCUT2D eigenvalue weighted by Crippen LogP contribution is 2.20. The Kier molecular flexibility index (Phi) is 11.4. The molecule has 1 aliphatic rings. The lowest BCUT2D eigenvalue weighted by Crippen LogP contribution is -2.54. The van der Waals surface area contributed by atoms with Gasteiger partial charge in [0.15, 0.2) is 0 Å². The highest BCUT2D eigenvalue weighted by molar-refractivity contribution is 5.92. The first-order chi connectivity index (χ1) is 16.8. The molecule has 10 heteroatoms. The van der Waals surface area contributed by atoms with Crippen LogP contribution in [-0.4, -0.2) is 72.3 Å². The van der Waals surface area contributed by atoms with Crippen molar-refractivity contribution in [2.75, 3.05) is 26.2 Å². The van der Waals surface area contributed by atoms with Gasteiger partial charge in [-0.1, -0.05) is 56.3 Å². The van der Waals surface area contributed by atoms with Crippen LogP contribution >= 0.6 is 12.4 Å². The van der Waals surface area contributed by atoms with Crippen LogP contribution in [0.4, 0.5) is 4.79 Å². The number of nitrogens with two attached hydrogens (primary N) is 1. The van der Waals surface area contributed by atoms with Crippen LogP contribution in [0.1, 0.15) is 32.3 Å². The van der Waals surface area contributed by atoms with Gasteiger partial charge in [0.25, 0.3) is 0 Å². The van der Waals surface area contributed by atoms with Gasteiger partial charge in [-0.2, -0.15) is 0 Å². The molecule has 3 rings (SSSR count). The van der Waals surface area contributed by atoms with Gasteiger partial charge in [-0.05, 0) is 35.1 Å². The van der Waals surface area contributed by atoms with Crippen molar-refractivity contribution in [3.63, 3.8) is 0 Å². The Balaban J connectivity index is 0.00000456. The van der Waals surface area contributed by atoms with Crippen molar-refractivity contribution in [3.05, 3.63) is 48.0 Å². The molecule has 9 nitrogen and oxygen atoms in total. The Bertz CT molecular complexity index is 1030. The first-order valence-electron chi connectivity index (χ1n) is 12.2. The molecule has 0 aromatic heterocycles. The van der Waals surface area contributed by atoms with E-state index in [1.807, 2.05) is 56.3 Å². The summed E-state index contributed by atoms with van der Waals surface area (Å²) in [5.74, 6) is -0.636. The number of ether oxygens (including phenoxy) is 1. The zero-order valence-corrected chi connectivity index (χ0v) is 21.6. The molecule has 5 N–H and O–H groups in total. The maximum Gasteiger partial charge on any atom is 0.410 e. The zero-order valence-electron chi connectivity index (χ0n) is 20.8. The molecule has 0 radical (unpaired) electrons. The minimum Gasteiger partial charge on any atom is -0.449 e. The number of fused-ring (bicyclic) bond motifs is 1. The summed E-state index contributed by atoms with van der Waals surface area (Å²) in [6.45, 7) is 4.59. The van der Waals surface area contributed by atoms with E-state index in [-0.39, 0.29) is 44.4 Å². The summed E-state index contributed by atoms with van der Waals surface area (Å²) in [7, 11) is 0. The van der Waals surface area contributed by atoms with Gasteiger partial charge in [0.05, 0.1) is 12.7 Å². The summed E-state index contributed by atoms with van der Waals surface area (Å²) in [6.07, 6.45) is 0.0405. The van der Waals surface area contributed by atoms with Gasteiger partial charge in [0.2, 0.25) is 11.8 Å². The summed E-state index contributed by atoms with van der Waals surface area (Å²) >= 11 is 0. The Morgan fingerprint density at radius 1 is 1.17 bits per heavy atom. The third kappa shape index (κ3) is 8.08. The molecule has 2 aromatic carbocycles. The van der Waals surface area contributed by atoms with E-state index in [0.29, 0.717) is 19.4 Å². The average Bonchev–Trinajstić information content (AvgIpc) is 3.35. The molecular weight excluding hydrogens is 484 g/mol. The molecule has 3 atom stereocenters. The molecule has 1 saturated heterocycles. The van der Waals surface area contributed by atoms with E-state index in [4.69, 9.17) is 10.5 Å². The number of rotatable bonds is 10. The largest absolute Gasteiger partial charge is 0.449 e. The Morgan fingerprint density at radius 2 is 1.89 bits per heavy atom. The van der Waals surface area contributed by atoms with E-state index in [1.54, 1.807) is 0 Å². The van der Waals surface area contributed by atoms with Crippen LogP contribution in [0.3, 0.4) is 0 Å². The lowest BCUT2D eigenvalue weighted by atomic mass is 10.0. The molecule has 0 spiro atoms. The maximum atomic E-state index is 13.2. The van der Waals surface area contributed by atoms with Crippen LogP contribution in [0.2, 0.25) is 0 Å². The molecule has 0 saturated carbocycles. The van der Waals surface area contributed by atoms with Crippen molar-refractivity contribution in [3.8, 4) is 0 Å². The average molecular weight is 521 g/mol. The highest BCUT2D eigenvalue weighted by Gasteiger charge is 2.37. The fourth-order valence-electron chi connectivity index (χ4n) is 4.08. The minimum absolute atomic E-state index is 0. The van der Waals surface area contributed by atoms with Crippen LogP contribution in [-0.2, 0) is 20.7 Å². The Labute approximate surface area is 218 Å². The first kappa shape index (κ1) is 29.4. The SMILES string of the molecule is CC(C)COC(=O)N1CCC[C@H]1C(=O)N[C@H](Cc1ccc2ccccc2c1)C(=O)NCC(O)CN.Cl. The number of likely N-dealkylation sites (tertiary alicyclic amines) is 1. The van der Waals surface area contributed by atoms with Crippen molar-refractivity contribution in [1.29, 1.82) is 0 Å². The third-order valence-electron chi connectivity index (χ3n) is 6.00. The van der Waals surface area contributed by atoms with E-state index in [2.05, 4.69) is 10.6 Å². The highest BCUT2D eigenvalue weighted by atomic mass is 35.5. The lowest BCUT2D eigenvalue weighted by molar-refractivity contribution is -0.131. The summed E-state index contributed by atoms with van der Waals surface area (Å²) in [6, 6.07) is 12.2. The second-order valence-corrected chi connectivity index (χ2v) is 9.40. The van der Waals surface area contributed by atoms with E-state index in [9.17, 15) is 19.5 Å². The third-order valence-corrected chi connectivity index (χ3v) is 6.00. The summed E-state index contributed by atoms with van der Waals surface area (Å²) < 4.78 is 5.32. The number of carbonyl (C=O) groups excluding carboxylic acids is 3. The predicted octanol–water partition coefficient (Wildman–Crippen LogP) is 1.98. The van der Waals surface area contributed by atoms with Crippen LogP contribution in [0.5, 0.6) is 0 Å². The summed E-state index contributed by atoms with van der Waals surface area (Å²) in [4.78, 5) is 40.1. The fourth-order valence-corrected chi connectivity index (χ4v) is 4.08. The number of halogens is 1. The van der Waals surface area contributed by atoms with Gasteiger partial charge < -0.3 is 26.2 Å². The normalized spacial score (nSPS) is 16.8. The second kappa shape index (κ2) is 14.0. The molecule has 2 aromatic rings. The number of nitrogens with zero attached hydrogens (tertiary/aromatic N) is 1. The Morgan fingerprint density at radius 3 is 2.58 bits per heavy atom. The summed E-state index contributed by atoms with van der Waals surface area (Å²) in [5, 5.41) is 17.4. The van der Waals surface area contributed by atoms with Gasteiger partial charge in [0.1, 0.15) is 12.1 Å². The van der Waals surface area contributed by atoms with Crippen LogP contribution in [0, 0.1) is 5.92 Å². The predicted molar refractivity (Wildman–Crippen MR) is 141 cm³/mol. The molecule has 0 bridgehead atoms. The van der Waals surface area contributed by atoms with E-state index < -0.39 is 36.1 Å². The lowest BCUT2D eigenvalue weighted by Gasteiger charge is -2.26. The van der Waals surface area contributed by atoms with Gasteiger partial charge in [-0.25, -0.2) is 4.79 Å². The number of hydrogen-bond acceptors (Lipinski definition) is 6. The molecule has 0 aliphatic carbocycles. The standard InChI is InChI=1S/C26H36N4O5.ClH/c1-17(2)16-35-26(34)30-11-5-8-23(30)25(33)29-22(24(32)28-15-21(31)14-27)13-18-9-10-19-6-3-4-7-20(19)12-18;/h3-4,6-7,9-10,12,17,21-23,31H,5,8,11,13-16,27H2,1-2H3,(H,28,32)(H,29,33);1H/t21?,22-,23+;/m1./s1. The summed E-state index contributed by atoms with van der Waals surface area (Å²) in [5.41, 5.74) is 6.32. The van der Waals surface area contributed by atoms with Crippen molar-refractivity contribution in [1.82, 2.24) is 15.5 Å². The number of aliphatic hydroxyl groups excluding tert-OH is 1. The van der Waals surface area contributed by atoms with Gasteiger partial charge >= 0.3 is 6.09 Å². The van der Waals surface area contributed by atoms with Gasteiger partial charge in [-0.3, -0.25) is 14.5 Å². The zero-order chi connectivity index (χ0) is 25.4. The van der Waals surface area contributed by atoms with Crippen molar-refractivity contribution in [2.24, 2.45) is 11.7 Å². The number of benzene rings is 2. The van der Waals surface area contributed by atoms with Crippen molar-refractivity contribution >= 4 is 41.1 Å². The molecule has 3 amide bonds. The Hall–Kier alpha value is -2.88. The molecular formula is C26H37ClN4O5. The van der Waals surface area contributed by atoms with E-state index >= 15 is 0 Å². The second-order valence-electron chi connectivity index (χ2n) is 9.40. The van der Waals surface area contributed by atoms with Crippen LogP contribution in [0.25, 0.3) is 10.8 Å². The molecule has 1 aliphatic heterocycles. The van der Waals surface area contributed by atoms with Crippen molar-refractivity contribution < 1.29 is 24.2 Å².